The summed E-state index contributed by atoms with van der Waals surface area (Å²) in [5.74, 6) is -1.70. The van der Waals surface area contributed by atoms with Crippen molar-refractivity contribution in [3.8, 4) is 0 Å². The Bertz CT molecular complexity index is 955. The summed E-state index contributed by atoms with van der Waals surface area (Å²) in [6.07, 6.45) is 4.33. The maximum Gasteiger partial charge on any atom is 0.330 e. The van der Waals surface area contributed by atoms with E-state index in [0.717, 1.165) is 30.6 Å². The van der Waals surface area contributed by atoms with Crippen LogP contribution in [0.25, 0.3) is 0 Å². The predicted molar refractivity (Wildman–Crippen MR) is 121 cm³/mol. The highest BCUT2D eigenvalue weighted by Crippen LogP contribution is 2.17. The number of carbonyl (C=O) groups is 3. The summed E-state index contributed by atoms with van der Waals surface area (Å²) in [4.78, 5) is 66.6. The van der Waals surface area contributed by atoms with Crippen molar-refractivity contribution >= 4 is 29.3 Å². The van der Waals surface area contributed by atoms with Gasteiger partial charge in [0.2, 0.25) is 5.91 Å². The fraction of sp³-hybridized carbons (Fsp3) is 0.667. The molecule has 0 bridgehead atoms. The van der Waals surface area contributed by atoms with Crippen LogP contribution in [-0.4, -0.2) is 72.2 Å². The van der Waals surface area contributed by atoms with Gasteiger partial charge in [0.05, 0.1) is 6.61 Å². The quantitative estimate of drug-likeness (QED) is 0.425. The lowest BCUT2D eigenvalue weighted by molar-refractivity contribution is -0.151. The summed E-state index contributed by atoms with van der Waals surface area (Å²) < 4.78 is 11.3. The average Bonchev–Trinajstić information content (AvgIpc) is 2.98. The molecule has 0 aliphatic carbocycles. The topological polar surface area (TPSA) is 157 Å². The molecule has 1 fully saturated rings. The molecule has 12 nitrogen and oxygen atoms in total. The molecule has 1 aromatic heterocycles. The molecule has 1 aromatic rings. The van der Waals surface area contributed by atoms with Gasteiger partial charge in [-0.15, -0.1) is 0 Å². The van der Waals surface area contributed by atoms with Gasteiger partial charge >= 0.3 is 11.7 Å². The van der Waals surface area contributed by atoms with E-state index in [4.69, 9.17) is 15.2 Å². The Morgan fingerprint density at radius 1 is 1.18 bits per heavy atom. The highest BCUT2D eigenvalue weighted by Gasteiger charge is 2.26. The lowest BCUT2D eigenvalue weighted by Crippen LogP contribution is -2.44. The molecular formula is C21H33N5O7. The van der Waals surface area contributed by atoms with Crippen molar-refractivity contribution in [3.05, 3.63) is 20.8 Å². The zero-order valence-electron chi connectivity index (χ0n) is 19.3. The average molecular weight is 468 g/mol. The van der Waals surface area contributed by atoms with Crippen LogP contribution in [0, 0.1) is 0 Å². The first-order valence-electron chi connectivity index (χ1n) is 11.1. The van der Waals surface area contributed by atoms with Crippen molar-refractivity contribution in [1.82, 2.24) is 14.5 Å². The number of nitrogens with zero attached hydrogens (tertiary/aromatic N) is 3. The normalized spacial score (nSPS) is 14.1. The number of H-pyrrole nitrogens is 1. The van der Waals surface area contributed by atoms with Gasteiger partial charge in [0, 0.05) is 33.2 Å². The third kappa shape index (κ3) is 7.17. The molecule has 1 saturated heterocycles. The van der Waals surface area contributed by atoms with E-state index in [1.54, 1.807) is 0 Å². The minimum Gasteiger partial charge on any atom is -0.454 e. The third-order valence-corrected chi connectivity index (χ3v) is 5.39. The number of anilines is 2. The van der Waals surface area contributed by atoms with Crippen LogP contribution in [0.4, 0.5) is 11.5 Å². The van der Waals surface area contributed by atoms with Crippen molar-refractivity contribution in [2.24, 2.45) is 0 Å². The molecule has 1 aliphatic rings. The highest BCUT2D eigenvalue weighted by molar-refractivity contribution is 5.97. The SMILES string of the molecule is CCCCn1c(N)c(N(CCOC)C(=O)COC(=O)CN2CCCCCC2=O)c(=O)[nH]c1=O. The fourth-order valence-corrected chi connectivity index (χ4v) is 3.55. The van der Waals surface area contributed by atoms with Gasteiger partial charge in [0.25, 0.3) is 11.5 Å². The van der Waals surface area contributed by atoms with E-state index < -0.39 is 29.7 Å². The Balaban J connectivity index is 2.17. The number of methoxy groups -OCH3 is 1. The van der Waals surface area contributed by atoms with Crippen LogP contribution < -0.4 is 21.9 Å². The molecule has 1 aliphatic heterocycles. The van der Waals surface area contributed by atoms with E-state index in [-0.39, 0.29) is 43.7 Å². The Kier molecular flexibility index (Phi) is 10.1. The summed E-state index contributed by atoms with van der Waals surface area (Å²) >= 11 is 0. The second kappa shape index (κ2) is 12.8. The van der Waals surface area contributed by atoms with E-state index in [1.165, 1.54) is 16.6 Å². The van der Waals surface area contributed by atoms with E-state index in [2.05, 4.69) is 4.98 Å². The standard InChI is InChI=1S/C21H33N5O7/c1-3-4-10-26-19(22)18(20(30)23-21(26)31)25(11-12-32-2)16(28)14-33-17(29)13-24-9-7-5-6-8-15(24)27/h3-14,22H2,1-2H3,(H,23,30,31). The second-order valence-electron chi connectivity index (χ2n) is 7.82. The molecule has 2 amide bonds. The molecule has 12 heteroatoms. The molecule has 0 saturated carbocycles. The molecule has 0 aromatic carbocycles. The van der Waals surface area contributed by atoms with Gasteiger partial charge in [-0.25, -0.2) is 4.79 Å². The first-order chi connectivity index (χ1) is 15.8. The number of carbonyl (C=O) groups excluding carboxylic acids is 3. The number of ether oxygens (including phenoxy) is 2. The third-order valence-electron chi connectivity index (χ3n) is 5.39. The number of nitrogen functional groups attached to an aromatic ring is 1. The smallest absolute Gasteiger partial charge is 0.330 e. The van der Waals surface area contributed by atoms with Gasteiger partial charge in [-0.1, -0.05) is 19.8 Å². The van der Waals surface area contributed by atoms with Gasteiger partial charge < -0.3 is 20.1 Å². The number of aromatic nitrogens is 2. The van der Waals surface area contributed by atoms with Crippen LogP contribution in [0.2, 0.25) is 0 Å². The molecule has 0 unspecified atom stereocenters. The van der Waals surface area contributed by atoms with Crippen LogP contribution in [-0.2, 0) is 30.4 Å². The zero-order valence-corrected chi connectivity index (χ0v) is 19.3. The first-order valence-corrected chi connectivity index (χ1v) is 11.1. The van der Waals surface area contributed by atoms with Crippen LogP contribution in [0.1, 0.15) is 45.4 Å². The van der Waals surface area contributed by atoms with Crippen LogP contribution in [0.15, 0.2) is 9.59 Å². The Morgan fingerprint density at radius 2 is 1.94 bits per heavy atom. The first kappa shape index (κ1) is 26.1. The van der Waals surface area contributed by atoms with Crippen molar-refractivity contribution in [2.75, 3.05) is 50.6 Å². The van der Waals surface area contributed by atoms with Gasteiger partial charge in [0.15, 0.2) is 12.3 Å². The summed E-state index contributed by atoms with van der Waals surface area (Å²) in [6, 6.07) is 0. The molecule has 0 atom stereocenters. The number of likely N-dealkylation sites (tertiary alicyclic amines) is 1. The Hall–Kier alpha value is -3.15. The second-order valence-corrected chi connectivity index (χ2v) is 7.82. The molecule has 2 rings (SSSR count). The largest absolute Gasteiger partial charge is 0.454 e. The predicted octanol–water partition coefficient (Wildman–Crippen LogP) is -0.156. The summed E-state index contributed by atoms with van der Waals surface area (Å²) in [7, 11) is 1.43. The monoisotopic (exact) mass is 467 g/mol. The van der Waals surface area contributed by atoms with Gasteiger partial charge in [-0.05, 0) is 19.3 Å². The zero-order chi connectivity index (χ0) is 24.4. The van der Waals surface area contributed by atoms with E-state index in [9.17, 15) is 24.0 Å². The number of rotatable bonds is 11. The van der Waals surface area contributed by atoms with Gasteiger partial charge in [-0.3, -0.25) is 33.6 Å². The minimum atomic E-state index is -0.823. The maximum atomic E-state index is 12.9. The summed E-state index contributed by atoms with van der Waals surface area (Å²) in [6.45, 7) is 1.82. The molecule has 0 spiro atoms. The van der Waals surface area contributed by atoms with E-state index in [0.29, 0.717) is 19.4 Å². The number of amides is 2. The highest BCUT2D eigenvalue weighted by atomic mass is 16.5. The molecule has 2 heterocycles. The summed E-state index contributed by atoms with van der Waals surface area (Å²) in [5, 5.41) is 0. The van der Waals surface area contributed by atoms with Crippen LogP contribution in [0.5, 0.6) is 0 Å². The molecule has 33 heavy (non-hydrogen) atoms. The minimum absolute atomic E-state index is 0.0449. The number of hydrogen-bond acceptors (Lipinski definition) is 8. The number of nitrogens with one attached hydrogen (secondary N) is 1. The van der Waals surface area contributed by atoms with Crippen LogP contribution >= 0.6 is 0 Å². The number of esters is 1. The van der Waals surface area contributed by atoms with Crippen molar-refractivity contribution in [3.63, 3.8) is 0 Å². The number of nitrogens with two attached hydrogens (primary N) is 1. The molecular weight excluding hydrogens is 434 g/mol. The van der Waals surface area contributed by atoms with Crippen molar-refractivity contribution in [2.45, 2.75) is 52.0 Å². The Labute approximate surface area is 191 Å². The number of hydrogen-bond donors (Lipinski definition) is 2. The van der Waals surface area contributed by atoms with Gasteiger partial charge in [-0.2, -0.15) is 0 Å². The summed E-state index contributed by atoms with van der Waals surface area (Å²) in [5.41, 5.74) is 4.41. The fourth-order valence-electron chi connectivity index (χ4n) is 3.55. The molecule has 184 valence electrons. The van der Waals surface area contributed by atoms with Crippen molar-refractivity contribution < 1.29 is 23.9 Å². The molecule has 0 radical (unpaired) electrons. The van der Waals surface area contributed by atoms with Gasteiger partial charge in [0.1, 0.15) is 12.4 Å². The number of unbranched alkanes of at least 4 members (excludes halogenated alkanes) is 1. The lowest BCUT2D eigenvalue weighted by atomic mass is 10.2. The maximum absolute atomic E-state index is 12.9. The lowest BCUT2D eigenvalue weighted by Gasteiger charge is -2.24. The van der Waals surface area contributed by atoms with Crippen LogP contribution in [0.3, 0.4) is 0 Å². The van der Waals surface area contributed by atoms with E-state index in [1.807, 2.05) is 6.92 Å². The number of aromatic amines is 1. The van der Waals surface area contributed by atoms with E-state index >= 15 is 0 Å². The molecule has 3 N–H and O–H groups in total. The van der Waals surface area contributed by atoms with Crippen molar-refractivity contribution in [1.29, 1.82) is 0 Å². The Morgan fingerprint density at radius 3 is 2.64 bits per heavy atom.